The number of ether oxygens (including phenoxy) is 1. The Labute approximate surface area is 142 Å². The number of aliphatic hydroxyl groups is 1. The highest BCUT2D eigenvalue weighted by molar-refractivity contribution is 5.92. The first-order chi connectivity index (χ1) is 12.0. The normalized spacial score (nSPS) is 20.5. The Hall–Kier alpha value is -2.61. The molecule has 1 aliphatic carbocycles. The van der Waals surface area contributed by atoms with Crippen LogP contribution in [0.1, 0.15) is 34.9 Å². The third kappa shape index (κ3) is 3.74. The topological polar surface area (TPSA) is 84.3 Å². The first-order valence-electron chi connectivity index (χ1n) is 7.78. The molecule has 2 aromatic rings. The maximum Gasteiger partial charge on any atom is 0.273 e. The van der Waals surface area contributed by atoms with Crippen LogP contribution in [0.4, 0.5) is 8.78 Å². The Morgan fingerprint density at radius 2 is 2.08 bits per heavy atom. The molecule has 25 heavy (non-hydrogen) atoms. The summed E-state index contributed by atoms with van der Waals surface area (Å²) in [6, 6.07) is 3.54. The van der Waals surface area contributed by atoms with Crippen molar-refractivity contribution >= 4 is 5.91 Å². The van der Waals surface area contributed by atoms with E-state index in [2.05, 4.69) is 15.3 Å². The monoisotopic (exact) mass is 349 g/mol. The Balaban J connectivity index is 1.83. The molecular weight excluding hydrogens is 332 g/mol. The van der Waals surface area contributed by atoms with Gasteiger partial charge in [0.05, 0.1) is 25.5 Å². The maximum atomic E-state index is 13.8. The lowest BCUT2D eigenvalue weighted by atomic mass is 9.75. The Bertz CT molecular complexity index is 764. The molecule has 0 radical (unpaired) electrons. The number of aliphatic hydroxyl groups excluding tert-OH is 1. The molecule has 0 unspecified atom stereocenters. The fraction of sp³-hybridized carbons (Fsp3) is 0.353. The molecule has 1 atom stereocenters. The summed E-state index contributed by atoms with van der Waals surface area (Å²) in [6.07, 6.45) is 2.95. The predicted molar refractivity (Wildman–Crippen MR) is 83.9 cm³/mol. The molecule has 0 spiro atoms. The molecule has 0 aromatic carbocycles. The van der Waals surface area contributed by atoms with Crippen molar-refractivity contribution in [3.63, 3.8) is 0 Å². The minimum absolute atomic E-state index is 0.0161. The van der Waals surface area contributed by atoms with E-state index in [0.717, 1.165) is 6.20 Å². The first kappa shape index (κ1) is 17.2. The van der Waals surface area contributed by atoms with E-state index in [1.54, 1.807) is 18.3 Å². The summed E-state index contributed by atoms with van der Waals surface area (Å²) in [5, 5.41) is 12.3. The lowest BCUT2D eigenvalue weighted by Crippen LogP contribution is -2.41. The lowest BCUT2D eigenvalue weighted by molar-refractivity contribution is 0.0233. The second-order valence-corrected chi connectivity index (χ2v) is 5.95. The third-order valence-corrected chi connectivity index (χ3v) is 4.26. The maximum absolute atomic E-state index is 13.8. The van der Waals surface area contributed by atoms with Gasteiger partial charge in [-0.05, 0) is 24.3 Å². The van der Waals surface area contributed by atoms with E-state index in [0.29, 0.717) is 30.4 Å². The molecule has 2 heterocycles. The number of amides is 1. The van der Waals surface area contributed by atoms with Crippen LogP contribution in [0.5, 0.6) is 5.88 Å². The lowest BCUT2D eigenvalue weighted by Gasteiger charge is -2.38. The summed E-state index contributed by atoms with van der Waals surface area (Å²) < 4.78 is 31.8. The summed E-state index contributed by atoms with van der Waals surface area (Å²) >= 11 is 0. The Kier molecular flexibility index (Phi) is 4.89. The number of halogens is 2. The molecule has 2 N–H and O–H groups in total. The van der Waals surface area contributed by atoms with Crippen molar-refractivity contribution in [2.75, 3.05) is 7.11 Å². The quantitative estimate of drug-likeness (QED) is 0.863. The van der Waals surface area contributed by atoms with Crippen molar-refractivity contribution in [1.29, 1.82) is 0 Å². The van der Waals surface area contributed by atoms with Gasteiger partial charge in [0.1, 0.15) is 5.82 Å². The van der Waals surface area contributed by atoms with E-state index in [4.69, 9.17) is 4.74 Å². The zero-order valence-corrected chi connectivity index (χ0v) is 13.4. The van der Waals surface area contributed by atoms with Gasteiger partial charge in [-0.1, -0.05) is 6.07 Å². The molecule has 132 valence electrons. The molecule has 1 aliphatic rings. The summed E-state index contributed by atoms with van der Waals surface area (Å²) in [6.45, 7) is 0. The van der Waals surface area contributed by atoms with Crippen LogP contribution in [0.25, 0.3) is 0 Å². The van der Waals surface area contributed by atoms with E-state index >= 15 is 0 Å². The van der Waals surface area contributed by atoms with Crippen LogP contribution in [0, 0.1) is 17.6 Å². The minimum atomic E-state index is -1.03. The number of hydrogen-bond acceptors (Lipinski definition) is 5. The van der Waals surface area contributed by atoms with Crippen molar-refractivity contribution in [3.05, 3.63) is 53.5 Å². The highest BCUT2D eigenvalue weighted by Gasteiger charge is 2.36. The van der Waals surface area contributed by atoms with Gasteiger partial charge in [-0.15, -0.1) is 0 Å². The molecule has 8 heteroatoms. The number of carbonyl (C=O) groups is 1. The van der Waals surface area contributed by atoms with E-state index < -0.39 is 35.4 Å². The van der Waals surface area contributed by atoms with Gasteiger partial charge in [0.25, 0.3) is 5.91 Å². The standard InChI is InChI=1S/C17H17F2N3O3/c1-25-14-3-2-9(7-20-14)15(10-4-12(23)5-10)22-17(24)16-13(19)6-11(18)8-21-16/h2-3,6-8,10,12,15,23H,4-5H2,1H3,(H,22,24)/t10?,12?,15-/m1/s1. The number of aromatic nitrogens is 2. The van der Waals surface area contributed by atoms with Crippen LogP contribution in [0.3, 0.4) is 0 Å². The molecule has 0 aliphatic heterocycles. The molecule has 3 rings (SSSR count). The van der Waals surface area contributed by atoms with Gasteiger partial charge >= 0.3 is 0 Å². The van der Waals surface area contributed by atoms with Gasteiger partial charge in [-0.25, -0.2) is 18.7 Å². The zero-order valence-electron chi connectivity index (χ0n) is 13.4. The smallest absolute Gasteiger partial charge is 0.273 e. The van der Waals surface area contributed by atoms with Crippen LogP contribution in [0.15, 0.2) is 30.6 Å². The fourth-order valence-electron chi connectivity index (χ4n) is 2.86. The number of methoxy groups -OCH3 is 1. The van der Waals surface area contributed by atoms with Gasteiger partial charge in [0.15, 0.2) is 11.5 Å². The highest BCUT2D eigenvalue weighted by atomic mass is 19.1. The number of nitrogens with zero attached hydrogens (tertiary/aromatic N) is 2. The predicted octanol–water partition coefficient (Wildman–Crippen LogP) is 2.01. The average Bonchev–Trinajstić information content (AvgIpc) is 2.57. The minimum Gasteiger partial charge on any atom is -0.481 e. The van der Waals surface area contributed by atoms with E-state index in [1.807, 2.05) is 0 Å². The van der Waals surface area contributed by atoms with Crippen molar-refractivity contribution in [2.45, 2.75) is 25.0 Å². The van der Waals surface area contributed by atoms with Crippen molar-refractivity contribution in [1.82, 2.24) is 15.3 Å². The number of rotatable bonds is 5. The van der Waals surface area contributed by atoms with E-state index in [1.165, 1.54) is 7.11 Å². The average molecular weight is 349 g/mol. The molecule has 0 bridgehead atoms. The van der Waals surface area contributed by atoms with Crippen LogP contribution in [-0.2, 0) is 0 Å². The van der Waals surface area contributed by atoms with Crippen LogP contribution < -0.4 is 10.1 Å². The largest absolute Gasteiger partial charge is 0.481 e. The first-order valence-corrected chi connectivity index (χ1v) is 7.78. The molecule has 1 saturated carbocycles. The SMILES string of the molecule is COc1ccc([C@@H](NC(=O)c2ncc(F)cc2F)C2CC(O)C2)cn1. The molecule has 0 saturated heterocycles. The summed E-state index contributed by atoms with van der Waals surface area (Å²) in [5.74, 6) is -2.23. The van der Waals surface area contributed by atoms with Crippen molar-refractivity contribution in [3.8, 4) is 5.88 Å². The number of pyridine rings is 2. The molecule has 6 nitrogen and oxygen atoms in total. The fourth-order valence-corrected chi connectivity index (χ4v) is 2.86. The summed E-state index contributed by atoms with van der Waals surface area (Å²) in [4.78, 5) is 20.0. The van der Waals surface area contributed by atoms with E-state index in [-0.39, 0.29) is 5.92 Å². The van der Waals surface area contributed by atoms with Crippen LogP contribution >= 0.6 is 0 Å². The molecule has 2 aromatic heterocycles. The summed E-state index contributed by atoms with van der Waals surface area (Å²) in [7, 11) is 1.49. The number of nitrogens with one attached hydrogen (secondary N) is 1. The van der Waals surface area contributed by atoms with Crippen molar-refractivity contribution < 1.29 is 23.4 Å². The zero-order chi connectivity index (χ0) is 18.0. The van der Waals surface area contributed by atoms with Gasteiger partial charge < -0.3 is 15.2 Å². The number of hydrogen-bond donors (Lipinski definition) is 2. The molecular formula is C17H17F2N3O3. The van der Waals surface area contributed by atoms with E-state index in [9.17, 15) is 18.7 Å². The summed E-state index contributed by atoms with van der Waals surface area (Å²) in [5.41, 5.74) is 0.223. The third-order valence-electron chi connectivity index (χ3n) is 4.26. The van der Waals surface area contributed by atoms with Gasteiger partial charge in [0, 0.05) is 18.3 Å². The molecule has 1 amide bonds. The van der Waals surface area contributed by atoms with Gasteiger partial charge in [0.2, 0.25) is 5.88 Å². The second-order valence-electron chi connectivity index (χ2n) is 5.95. The van der Waals surface area contributed by atoms with Crippen LogP contribution in [-0.4, -0.2) is 34.2 Å². The van der Waals surface area contributed by atoms with Gasteiger partial charge in [-0.2, -0.15) is 0 Å². The Morgan fingerprint density at radius 1 is 1.32 bits per heavy atom. The Morgan fingerprint density at radius 3 is 2.64 bits per heavy atom. The highest BCUT2D eigenvalue weighted by Crippen LogP contribution is 2.38. The molecule has 1 fully saturated rings. The van der Waals surface area contributed by atoms with Crippen LogP contribution in [0.2, 0.25) is 0 Å². The number of carbonyl (C=O) groups excluding carboxylic acids is 1. The second kappa shape index (κ2) is 7.10. The van der Waals surface area contributed by atoms with Crippen molar-refractivity contribution in [2.24, 2.45) is 5.92 Å². The van der Waals surface area contributed by atoms with Gasteiger partial charge in [-0.3, -0.25) is 4.79 Å².